The Hall–Kier alpha value is -1.38. The number of nitrogens with zero attached hydrogens (tertiary/aromatic N) is 3. The molecule has 1 N–H and O–H groups in total. The number of benzene rings is 1. The monoisotopic (exact) mass is 468 g/mol. The van der Waals surface area contributed by atoms with Crippen LogP contribution in [0, 0.1) is 0 Å². The van der Waals surface area contributed by atoms with Gasteiger partial charge in [-0.3, -0.25) is 4.79 Å². The summed E-state index contributed by atoms with van der Waals surface area (Å²) in [6.45, 7) is 3.66. The lowest BCUT2D eigenvalue weighted by Gasteiger charge is -2.20. The standard InChI is InChI=1S/C20H22Cl2N4OS2/c1-13(7-9-26(2)11-14-5-6-15(21)16(22)10-14)24-18(27)12-28-20-25-17-4-3-8-23-19(17)29-20/h3-6,8,10,13H,7,9,11-12H2,1-2H3,(H,24,27). The van der Waals surface area contributed by atoms with Gasteiger partial charge in [0.05, 0.1) is 15.8 Å². The van der Waals surface area contributed by atoms with E-state index in [0.29, 0.717) is 15.8 Å². The summed E-state index contributed by atoms with van der Waals surface area (Å²) in [5.41, 5.74) is 1.99. The number of rotatable bonds is 9. The molecule has 9 heteroatoms. The molecule has 1 atom stereocenters. The first-order valence-electron chi connectivity index (χ1n) is 9.17. The number of hydrogen-bond acceptors (Lipinski definition) is 6. The van der Waals surface area contributed by atoms with E-state index in [0.717, 1.165) is 39.8 Å². The van der Waals surface area contributed by atoms with E-state index in [9.17, 15) is 4.79 Å². The molecule has 1 aromatic carbocycles. The van der Waals surface area contributed by atoms with E-state index in [1.807, 2.05) is 44.3 Å². The van der Waals surface area contributed by atoms with Gasteiger partial charge in [-0.2, -0.15) is 0 Å². The van der Waals surface area contributed by atoms with Crippen LogP contribution in [-0.4, -0.2) is 46.2 Å². The summed E-state index contributed by atoms with van der Waals surface area (Å²) in [5, 5.41) is 4.19. The summed E-state index contributed by atoms with van der Waals surface area (Å²) >= 11 is 15.0. The molecule has 2 heterocycles. The van der Waals surface area contributed by atoms with E-state index in [2.05, 4.69) is 20.2 Å². The molecule has 0 saturated carbocycles. The molecule has 0 aliphatic rings. The number of nitrogens with one attached hydrogen (secondary N) is 1. The molecule has 1 unspecified atom stereocenters. The van der Waals surface area contributed by atoms with Crippen molar-refractivity contribution in [2.75, 3.05) is 19.3 Å². The number of thioether (sulfide) groups is 1. The Morgan fingerprint density at radius 1 is 1.31 bits per heavy atom. The molecule has 3 aromatic rings. The molecule has 0 spiro atoms. The normalized spacial score (nSPS) is 12.4. The Morgan fingerprint density at radius 2 is 2.14 bits per heavy atom. The fourth-order valence-electron chi connectivity index (χ4n) is 2.77. The second kappa shape index (κ2) is 10.6. The largest absolute Gasteiger partial charge is 0.353 e. The van der Waals surface area contributed by atoms with Gasteiger partial charge in [-0.15, -0.1) is 0 Å². The van der Waals surface area contributed by atoms with E-state index in [1.54, 1.807) is 6.20 Å². The first kappa shape index (κ1) is 22.3. The van der Waals surface area contributed by atoms with Gasteiger partial charge in [-0.05, 0) is 50.2 Å². The summed E-state index contributed by atoms with van der Waals surface area (Å²) in [4.78, 5) is 24.1. The van der Waals surface area contributed by atoms with Crippen molar-refractivity contribution in [1.29, 1.82) is 0 Å². The third kappa shape index (κ3) is 6.83. The average molecular weight is 469 g/mol. The number of thiazole rings is 1. The van der Waals surface area contributed by atoms with E-state index in [4.69, 9.17) is 23.2 Å². The average Bonchev–Trinajstić information content (AvgIpc) is 3.11. The second-order valence-electron chi connectivity index (χ2n) is 6.84. The molecule has 3 rings (SSSR count). The van der Waals surface area contributed by atoms with Crippen LogP contribution < -0.4 is 5.32 Å². The van der Waals surface area contributed by atoms with Gasteiger partial charge in [-0.25, -0.2) is 9.97 Å². The van der Waals surface area contributed by atoms with E-state index in [1.165, 1.54) is 23.1 Å². The molecule has 0 aliphatic heterocycles. The van der Waals surface area contributed by atoms with Gasteiger partial charge >= 0.3 is 0 Å². The van der Waals surface area contributed by atoms with Gasteiger partial charge in [0.2, 0.25) is 5.91 Å². The van der Waals surface area contributed by atoms with Gasteiger partial charge in [0.1, 0.15) is 10.3 Å². The number of pyridine rings is 1. The predicted octanol–water partition coefficient (Wildman–Crippen LogP) is 5.12. The Morgan fingerprint density at radius 3 is 2.90 bits per heavy atom. The van der Waals surface area contributed by atoms with Crippen LogP contribution in [-0.2, 0) is 11.3 Å². The first-order chi connectivity index (χ1) is 13.9. The van der Waals surface area contributed by atoms with Gasteiger partial charge in [0.15, 0.2) is 4.34 Å². The molecular weight excluding hydrogens is 447 g/mol. The fourth-order valence-corrected chi connectivity index (χ4v) is 4.88. The molecule has 0 saturated heterocycles. The number of halogens is 2. The SMILES string of the molecule is CC(CCN(C)Cc1ccc(Cl)c(Cl)c1)NC(=O)CSc1nc2cccnc2s1. The molecule has 0 fully saturated rings. The highest BCUT2D eigenvalue weighted by atomic mass is 35.5. The highest BCUT2D eigenvalue weighted by molar-refractivity contribution is 8.01. The summed E-state index contributed by atoms with van der Waals surface area (Å²) in [6, 6.07) is 9.57. The van der Waals surface area contributed by atoms with E-state index in [-0.39, 0.29) is 11.9 Å². The Bertz CT molecular complexity index is 949. The number of aromatic nitrogens is 2. The van der Waals surface area contributed by atoms with Gasteiger partial charge < -0.3 is 10.2 Å². The van der Waals surface area contributed by atoms with Crippen LogP contribution in [0.25, 0.3) is 10.3 Å². The zero-order valence-corrected chi connectivity index (χ0v) is 19.3. The third-order valence-corrected chi connectivity index (χ3v) is 7.12. The van der Waals surface area contributed by atoms with Crippen LogP contribution >= 0.6 is 46.3 Å². The van der Waals surface area contributed by atoms with Crippen LogP contribution in [0.1, 0.15) is 18.9 Å². The third-order valence-electron chi connectivity index (χ3n) is 4.26. The molecular formula is C20H22Cl2N4OS2. The quantitative estimate of drug-likeness (QED) is 0.441. The van der Waals surface area contributed by atoms with E-state index >= 15 is 0 Å². The maximum atomic E-state index is 12.2. The number of carbonyl (C=O) groups excluding carboxylic acids is 1. The van der Waals surface area contributed by atoms with Gasteiger partial charge in [0.25, 0.3) is 0 Å². The topological polar surface area (TPSA) is 58.1 Å². The van der Waals surface area contributed by atoms with Crippen molar-refractivity contribution in [3.8, 4) is 0 Å². The van der Waals surface area contributed by atoms with Crippen molar-refractivity contribution >= 4 is 62.6 Å². The zero-order valence-electron chi connectivity index (χ0n) is 16.2. The van der Waals surface area contributed by atoms with Crippen molar-refractivity contribution in [3.05, 3.63) is 52.1 Å². The maximum absolute atomic E-state index is 12.2. The lowest BCUT2D eigenvalue weighted by Crippen LogP contribution is -2.36. The van der Waals surface area contributed by atoms with Crippen LogP contribution in [0.2, 0.25) is 10.0 Å². The molecule has 29 heavy (non-hydrogen) atoms. The minimum absolute atomic E-state index is 0.0156. The number of amides is 1. The highest BCUT2D eigenvalue weighted by Gasteiger charge is 2.12. The zero-order chi connectivity index (χ0) is 20.8. The Balaban J connectivity index is 1.38. The van der Waals surface area contributed by atoms with Crippen molar-refractivity contribution < 1.29 is 4.79 Å². The van der Waals surface area contributed by atoms with Crippen molar-refractivity contribution in [1.82, 2.24) is 20.2 Å². The summed E-state index contributed by atoms with van der Waals surface area (Å²) in [7, 11) is 2.05. The Kier molecular flexibility index (Phi) is 8.15. The lowest BCUT2D eigenvalue weighted by molar-refractivity contribution is -0.119. The smallest absolute Gasteiger partial charge is 0.230 e. The summed E-state index contributed by atoms with van der Waals surface area (Å²) in [5.74, 6) is 0.366. The van der Waals surface area contributed by atoms with Gasteiger partial charge in [-0.1, -0.05) is 52.4 Å². The summed E-state index contributed by atoms with van der Waals surface area (Å²) < 4.78 is 0.864. The van der Waals surface area contributed by atoms with Crippen molar-refractivity contribution in [3.63, 3.8) is 0 Å². The predicted molar refractivity (Wildman–Crippen MR) is 123 cm³/mol. The Labute approximate surface area is 188 Å². The van der Waals surface area contributed by atoms with Crippen LogP contribution in [0.3, 0.4) is 0 Å². The molecule has 0 aliphatic carbocycles. The van der Waals surface area contributed by atoms with Crippen LogP contribution in [0.5, 0.6) is 0 Å². The summed E-state index contributed by atoms with van der Waals surface area (Å²) in [6.07, 6.45) is 2.61. The lowest BCUT2D eigenvalue weighted by atomic mass is 10.2. The molecule has 1 amide bonds. The van der Waals surface area contributed by atoms with Crippen LogP contribution in [0.4, 0.5) is 0 Å². The maximum Gasteiger partial charge on any atom is 0.230 e. The van der Waals surface area contributed by atoms with Gasteiger partial charge in [0, 0.05) is 25.3 Å². The number of hydrogen-bond donors (Lipinski definition) is 1. The minimum Gasteiger partial charge on any atom is -0.353 e. The second-order valence-corrected chi connectivity index (χ2v) is 9.85. The van der Waals surface area contributed by atoms with Crippen molar-refractivity contribution in [2.45, 2.75) is 30.3 Å². The fraction of sp³-hybridized carbons (Fsp3) is 0.350. The molecule has 154 valence electrons. The molecule has 0 bridgehead atoms. The number of fused-ring (bicyclic) bond motifs is 1. The number of carbonyl (C=O) groups is 1. The van der Waals surface area contributed by atoms with Crippen molar-refractivity contribution in [2.24, 2.45) is 0 Å². The minimum atomic E-state index is 0.0156. The molecule has 5 nitrogen and oxygen atoms in total. The first-order valence-corrected chi connectivity index (χ1v) is 11.7. The van der Waals surface area contributed by atoms with Crippen LogP contribution in [0.15, 0.2) is 40.9 Å². The van der Waals surface area contributed by atoms with E-state index < -0.39 is 0 Å². The molecule has 2 aromatic heterocycles. The molecule has 0 radical (unpaired) electrons. The highest BCUT2D eigenvalue weighted by Crippen LogP contribution is 2.27.